The Balaban J connectivity index is 2.49. The zero-order chi connectivity index (χ0) is 15.9. The van der Waals surface area contributed by atoms with Crippen molar-refractivity contribution in [2.45, 2.75) is 71.3 Å². The predicted molar refractivity (Wildman–Crippen MR) is 83.2 cm³/mol. The van der Waals surface area contributed by atoms with Crippen LogP contribution in [0.5, 0.6) is 0 Å². The van der Waals surface area contributed by atoms with Gasteiger partial charge in [0.05, 0.1) is 5.92 Å². The van der Waals surface area contributed by atoms with Crippen molar-refractivity contribution in [1.82, 2.24) is 10.6 Å². The standard InChI is InChI=1S/C16H30N2O3/c1-4-16(5-2,6-3)18-15(21)17-11-12-9-7-8-10-13(12)14(19)20/h12-13H,4-11H2,1-3H3,(H,19,20)(H2,17,18,21). The zero-order valence-electron chi connectivity index (χ0n) is 13.6. The fraction of sp³-hybridized carbons (Fsp3) is 0.875. The van der Waals surface area contributed by atoms with Gasteiger partial charge in [0, 0.05) is 12.1 Å². The summed E-state index contributed by atoms with van der Waals surface area (Å²) in [6.07, 6.45) is 6.34. The number of carbonyl (C=O) groups is 2. The molecular formula is C16H30N2O3. The first-order valence-electron chi connectivity index (χ1n) is 8.26. The lowest BCUT2D eigenvalue weighted by atomic mass is 9.79. The summed E-state index contributed by atoms with van der Waals surface area (Å²) in [4.78, 5) is 23.3. The van der Waals surface area contributed by atoms with Crippen molar-refractivity contribution in [3.63, 3.8) is 0 Å². The Morgan fingerprint density at radius 1 is 1.10 bits per heavy atom. The Kier molecular flexibility index (Phi) is 6.99. The average molecular weight is 298 g/mol. The molecule has 1 aliphatic carbocycles. The van der Waals surface area contributed by atoms with Gasteiger partial charge in [0.15, 0.2) is 0 Å². The van der Waals surface area contributed by atoms with Crippen LogP contribution >= 0.6 is 0 Å². The summed E-state index contributed by atoms with van der Waals surface area (Å²) in [6, 6.07) is -0.171. The molecule has 21 heavy (non-hydrogen) atoms. The van der Waals surface area contributed by atoms with Crippen LogP contribution in [0.15, 0.2) is 0 Å². The summed E-state index contributed by atoms with van der Waals surface area (Å²) in [6.45, 7) is 6.69. The Morgan fingerprint density at radius 3 is 2.19 bits per heavy atom. The lowest BCUT2D eigenvalue weighted by molar-refractivity contribution is -0.144. The van der Waals surface area contributed by atoms with Gasteiger partial charge in [0.2, 0.25) is 0 Å². The van der Waals surface area contributed by atoms with Gasteiger partial charge in [-0.2, -0.15) is 0 Å². The van der Waals surface area contributed by atoms with Gasteiger partial charge in [-0.3, -0.25) is 4.79 Å². The molecule has 0 bridgehead atoms. The minimum atomic E-state index is -0.730. The topological polar surface area (TPSA) is 78.4 Å². The third kappa shape index (κ3) is 4.90. The fourth-order valence-electron chi connectivity index (χ4n) is 3.30. The van der Waals surface area contributed by atoms with Crippen molar-refractivity contribution in [2.75, 3.05) is 6.54 Å². The van der Waals surface area contributed by atoms with E-state index < -0.39 is 5.97 Å². The maximum atomic E-state index is 12.1. The van der Waals surface area contributed by atoms with Gasteiger partial charge in [-0.15, -0.1) is 0 Å². The van der Waals surface area contributed by atoms with Crippen LogP contribution in [0, 0.1) is 11.8 Å². The summed E-state index contributed by atoms with van der Waals surface area (Å²) < 4.78 is 0. The fourth-order valence-corrected chi connectivity index (χ4v) is 3.30. The van der Waals surface area contributed by atoms with Gasteiger partial charge >= 0.3 is 12.0 Å². The molecule has 2 atom stereocenters. The molecule has 0 aromatic heterocycles. The van der Waals surface area contributed by atoms with E-state index in [9.17, 15) is 14.7 Å². The molecule has 0 aromatic carbocycles. The van der Waals surface area contributed by atoms with E-state index in [0.29, 0.717) is 6.54 Å². The number of rotatable bonds is 7. The maximum absolute atomic E-state index is 12.1. The molecule has 1 rings (SSSR count). The van der Waals surface area contributed by atoms with Gasteiger partial charge in [0.25, 0.3) is 0 Å². The predicted octanol–water partition coefficient (Wildman–Crippen LogP) is 3.15. The molecule has 0 aromatic rings. The molecule has 2 amide bonds. The second kappa shape index (κ2) is 8.25. The minimum absolute atomic E-state index is 0.0567. The van der Waals surface area contributed by atoms with Gasteiger partial charge in [-0.1, -0.05) is 33.6 Å². The lowest BCUT2D eigenvalue weighted by Crippen LogP contribution is -2.52. The summed E-state index contributed by atoms with van der Waals surface area (Å²) in [7, 11) is 0. The van der Waals surface area contributed by atoms with Crippen molar-refractivity contribution in [3.05, 3.63) is 0 Å². The minimum Gasteiger partial charge on any atom is -0.481 e. The first-order chi connectivity index (χ1) is 9.98. The normalized spacial score (nSPS) is 22.6. The average Bonchev–Trinajstić information content (AvgIpc) is 2.51. The maximum Gasteiger partial charge on any atom is 0.315 e. The second-order valence-electron chi connectivity index (χ2n) is 6.17. The molecule has 0 saturated heterocycles. The molecule has 0 spiro atoms. The Labute approximate surface area is 127 Å². The third-order valence-electron chi connectivity index (χ3n) is 5.16. The summed E-state index contributed by atoms with van der Waals surface area (Å²) >= 11 is 0. The van der Waals surface area contributed by atoms with Crippen LogP contribution in [-0.4, -0.2) is 29.2 Å². The summed E-state index contributed by atoms with van der Waals surface area (Å²) in [5.74, 6) is -0.986. The van der Waals surface area contributed by atoms with Crippen molar-refractivity contribution in [3.8, 4) is 0 Å². The number of hydrogen-bond acceptors (Lipinski definition) is 2. The van der Waals surface area contributed by atoms with Crippen LogP contribution in [0.25, 0.3) is 0 Å². The molecule has 1 aliphatic rings. The molecular weight excluding hydrogens is 268 g/mol. The van der Waals surface area contributed by atoms with Crippen molar-refractivity contribution >= 4 is 12.0 Å². The van der Waals surface area contributed by atoms with Crippen LogP contribution in [0.1, 0.15) is 65.7 Å². The first-order valence-corrected chi connectivity index (χ1v) is 8.26. The monoisotopic (exact) mass is 298 g/mol. The highest BCUT2D eigenvalue weighted by Crippen LogP contribution is 2.29. The number of hydrogen-bond donors (Lipinski definition) is 3. The van der Waals surface area contributed by atoms with Gasteiger partial charge in [0.1, 0.15) is 0 Å². The van der Waals surface area contributed by atoms with Crippen molar-refractivity contribution in [1.29, 1.82) is 0 Å². The summed E-state index contributed by atoms with van der Waals surface area (Å²) in [5.41, 5.74) is -0.150. The molecule has 122 valence electrons. The van der Waals surface area contributed by atoms with Crippen molar-refractivity contribution < 1.29 is 14.7 Å². The molecule has 2 unspecified atom stereocenters. The van der Waals surface area contributed by atoms with Crippen molar-refractivity contribution in [2.24, 2.45) is 11.8 Å². The van der Waals surface area contributed by atoms with E-state index in [2.05, 4.69) is 31.4 Å². The van der Waals surface area contributed by atoms with Crippen LogP contribution in [-0.2, 0) is 4.79 Å². The van der Waals surface area contributed by atoms with Gasteiger partial charge in [-0.05, 0) is 38.0 Å². The van der Waals surface area contributed by atoms with E-state index >= 15 is 0 Å². The van der Waals surface area contributed by atoms with Crippen LogP contribution < -0.4 is 10.6 Å². The molecule has 0 heterocycles. The number of nitrogens with one attached hydrogen (secondary N) is 2. The Hall–Kier alpha value is -1.26. The molecule has 5 heteroatoms. The van der Waals surface area contributed by atoms with Crippen LogP contribution in [0.4, 0.5) is 4.79 Å². The zero-order valence-corrected chi connectivity index (χ0v) is 13.6. The molecule has 3 N–H and O–H groups in total. The molecule has 0 radical (unpaired) electrons. The molecule has 1 saturated carbocycles. The highest BCUT2D eigenvalue weighted by atomic mass is 16.4. The van der Waals surface area contributed by atoms with E-state index in [0.717, 1.165) is 44.9 Å². The first kappa shape index (κ1) is 17.8. The largest absolute Gasteiger partial charge is 0.481 e. The quantitative estimate of drug-likeness (QED) is 0.675. The highest BCUT2D eigenvalue weighted by Gasteiger charge is 2.31. The lowest BCUT2D eigenvalue weighted by Gasteiger charge is -2.33. The second-order valence-corrected chi connectivity index (χ2v) is 6.17. The van der Waals surface area contributed by atoms with E-state index in [-0.39, 0.29) is 23.4 Å². The number of carboxylic acid groups (broad SMARTS) is 1. The van der Waals surface area contributed by atoms with Crippen LogP contribution in [0.2, 0.25) is 0 Å². The molecule has 5 nitrogen and oxygen atoms in total. The third-order valence-corrected chi connectivity index (χ3v) is 5.16. The Morgan fingerprint density at radius 2 is 1.67 bits per heavy atom. The van der Waals surface area contributed by atoms with Gasteiger partial charge in [-0.25, -0.2) is 4.79 Å². The van der Waals surface area contributed by atoms with Crippen LogP contribution in [0.3, 0.4) is 0 Å². The number of urea groups is 1. The number of aliphatic carboxylic acids is 1. The van der Waals surface area contributed by atoms with E-state index in [1.54, 1.807) is 0 Å². The van der Waals surface area contributed by atoms with E-state index in [4.69, 9.17) is 0 Å². The number of amides is 2. The SMILES string of the molecule is CCC(CC)(CC)NC(=O)NCC1CCCCC1C(=O)O. The number of carboxylic acids is 1. The summed E-state index contributed by atoms with van der Waals surface area (Å²) in [5, 5.41) is 15.2. The number of carbonyl (C=O) groups excluding carboxylic acids is 1. The van der Waals surface area contributed by atoms with Gasteiger partial charge < -0.3 is 15.7 Å². The molecule has 0 aliphatic heterocycles. The highest BCUT2D eigenvalue weighted by molar-refractivity contribution is 5.75. The smallest absolute Gasteiger partial charge is 0.315 e. The van der Waals surface area contributed by atoms with E-state index in [1.165, 1.54) is 0 Å². The Bertz CT molecular complexity index is 345. The van der Waals surface area contributed by atoms with E-state index in [1.807, 2.05) is 0 Å². The molecule has 1 fully saturated rings.